The molecule has 0 N–H and O–H groups in total. The highest BCUT2D eigenvalue weighted by Crippen LogP contribution is 2.19. The van der Waals surface area contributed by atoms with Gasteiger partial charge >= 0.3 is 18.2 Å². The van der Waals surface area contributed by atoms with Gasteiger partial charge in [-0.2, -0.15) is 0 Å². The van der Waals surface area contributed by atoms with E-state index in [1.54, 1.807) is 60.5 Å². The van der Waals surface area contributed by atoms with Crippen LogP contribution in [-0.4, -0.2) is 82.4 Å². The number of ether oxygens (including phenoxy) is 2. The second-order valence-electron chi connectivity index (χ2n) is 10.1. The smallest absolute Gasteiger partial charge is 0.437 e. The first kappa shape index (κ1) is 27.7. The van der Waals surface area contributed by atoms with Crippen LogP contribution in [0.2, 0.25) is 0 Å². The minimum absolute atomic E-state index is 0.0357. The molecule has 2 rings (SSSR count). The zero-order chi connectivity index (χ0) is 25.8. The fraction of sp³-hybridized carbons (Fsp3) is 0.565. The third-order valence-corrected chi connectivity index (χ3v) is 5.04. The monoisotopic (exact) mass is 587 g/mol. The second-order valence-corrected chi connectivity index (χ2v) is 11.3. The van der Waals surface area contributed by atoms with Gasteiger partial charge in [-0.25, -0.2) is 19.3 Å². The molecule has 1 aromatic carbocycles. The number of benzene rings is 1. The summed E-state index contributed by atoms with van der Waals surface area (Å²) in [6.45, 7) is 10.8. The van der Waals surface area contributed by atoms with Crippen molar-refractivity contribution in [3.63, 3.8) is 0 Å². The average Bonchev–Trinajstić information content (AvgIpc) is 2.65. The summed E-state index contributed by atoms with van der Waals surface area (Å²) < 4.78 is 12.1. The second kappa shape index (κ2) is 10.8. The molecule has 1 aliphatic rings. The highest BCUT2D eigenvalue weighted by atomic mass is 127. The van der Waals surface area contributed by atoms with Crippen LogP contribution < -0.4 is 0 Å². The first-order valence-corrected chi connectivity index (χ1v) is 11.9. The lowest BCUT2D eigenvalue weighted by atomic mass is 10.2. The number of nitrogens with zero attached hydrogens (tertiary/aromatic N) is 5. The minimum atomic E-state index is -0.846. The number of urea groups is 1. The van der Waals surface area contributed by atoms with Crippen molar-refractivity contribution < 1.29 is 23.9 Å². The van der Waals surface area contributed by atoms with Crippen molar-refractivity contribution in [3.8, 4) is 0 Å². The maximum absolute atomic E-state index is 13.4. The van der Waals surface area contributed by atoms with Crippen molar-refractivity contribution in [2.45, 2.75) is 59.3 Å². The number of amides is 4. The number of carbonyl (C=O) groups is 3. The normalized spacial score (nSPS) is 15.4. The van der Waals surface area contributed by atoms with E-state index < -0.39 is 23.4 Å². The number of aliphatic imine (C=N–C) groups is 1. The van der Waals surface area contributed by atoms with Crippen LogP contribution >= 0.6 is 22.6 Å². The van der Waals surface area contributed by atoms with Gasteiger partial charge in [0.25, 0.3) is 0 Å². The van der Waals surface area contributed by atoms with E-state index in [1.165, 1.54) is 14.7 Å². The molecule has 0 saturated carbocycles. The standard InChI is InChI=1S/C23H34IN5O5/c1-22(2,3)33-19(30)25-18(28-14-26(7)20(31)27(8)15-28)29(21(32)34-23(4,5)6)13-16-10-9-11-17(24)12-16/h9-12H,13-15H2,1-8H3/b25-18-. The van der Waals surface area contributed by atoms with Gasteiger partial charge in [-0.1, -0.05) is 12.1 Å². The Labute approximate surface area is 215 Å². The predicted octanol–water partition coefficient (Wildman–Crippen LogP) is 4.53. The predicted molar refractivity (Wildman–Crippen MR) is 137 cm³/mol. The number of halogens is 1. The molecule has 0 spiro atoms. The lowest BCUT2D eigenvalue weighted by Gasteiger charge is -2.42. The van der Waals surface area contributed by atoms with E-state index >= 15 is 0 Å². The Kier molecular flexibility index (Phi) is 8.78. The molecular formula is C23H34IN5O5. The summed E-state index contributed by atoms with van der Waals surface area (Å²) in [7, 11) is 3.26. The summed E-state index contributed by atoms with van der Waals surface area (Å²) in [5.41, 5.74) is -0.726. The first-order valence-electron chi connectivity index (χ1n) is 10.8. The van der Waals surface area contributed by atoms with Crippen molar-refractivity contribution in [1.29, 1.82) is 0 Å². The Morgan fingerprint density at radius 3 is 2.09 bits per heavy atom. The van der Waals surface area contributed by atoms with Crippen molar-refractivity contribution in [2.75, 3.05) is 27.4 Å². The maximum atomic E-state index is 13.4. The average molecular weight is 587 g/mol. The number of hydrogen-bond acceptors (Lipinski definition) is 5. The molecule has 0 aromatic heterocycles. The van der Waals surface area contributed by atoms with E-state index in [0.717, 1.165) is 9.13 Å². The fourth-order valence-corrected chi connectivity index (χ4v) is 3.72. The van der Waals surface area contributed by atoms with Crippen molar-refractivity contribution >= 4 is 46.8 Å². The van der Waals surface area contributed by atoms with Crippen LogP contribution in [0.15, 0.2) is 29.3 Å². The molecular weight excluding hydrogens is 553 g/mol. The highest BCUT2D eigenvalue weighted by molar-refractivity contribution is 14.1. The van der Waals surface area contributed by atoms with Gasteiger partial charge in [0.05, 0.1) is 19.9 Å². The zero-order valence-corrected chi connectivity index (χ0v) is 23.2. The molecule has 1 fully saturated rings. The molecule has 1 aromatic rings. The van der Waals surface area contributed by atoms with Gasteiger partial charge in [0.1, 0.15) is 11.2 Å². The number of hydrogen-bond donors (Lipinski definition) is 0. The van der Waals surface area contributed by atoms with Gasteiger partial charge in [0, 0.05) is 17.7 Å². The summed E-state index contributed by atoms with van der Waals surface area (Å²) in [5, 5.41) is 0. The molecule has 1 heterocycles. The Hall–Kier alpha value is -2.57. The van der Waals surface area contributed by atoms with Crippen molar-refractivity contribution in [2.24, 2.45) is 4.99 Å². The molecule has 1 saturated heterocycles. The molecule has 188 valence electrons. The lowest BCUT2D eigenvalue weighted by molar-refractivity contribution is 0.0300. The molecule has 1 aliphatic heterocycles. The van der Waals surface area contributed by atoms with Gasteiger partial charge in [0.2, 0.25) is 5.96 Å². The van der Waals surface area contributed by atoms with Crippen LogP contribution in [0.5, 0.6) is 0 Å². The lowest BCUT2D eigenvalue weighted by Crippen LogP contribution is -2.60. The van der Waals surface area contributed by atoms with Crippen LogP contribution in [0.3, 0.4) is 0 Å². The summed E-state index contributed by atoms with van der Waals surface area (Å²) in [6.07, 6.45) is -1.52. The Morgan fingerprint density at radius 2 is 1.59 bits per heavy atom. The number of rotatable bonds is 2. The Bertz CT molecular complexity index is 940. The van der Waals surface area contributed by atoms with Crippen LogP contribution in [0, 0.1) is 3.57 Å². The highest BCUT2D eigenvalue weighted by Gasteiger charge is 2.35. The molecule has 0 radical (unpaired) electrons. The first-order chi connectivity index (χ1) is 15.6. The summed E-state index contributed by atoms with van der Waals surface area (Å²) in [6, 6.07) is 7.45. The van der Waals surface area contributed by atoms with E-state index in [-0.39, 0.29) is 31.9 Å². The number of carbonyl (C=O) groups excluding carboxylic acids is 3. The van der Waals surface area contributed by atoms with E-state index in [9.17, 15) is 14.4 Å². The SMILES string of the molecule is CN1CN(/C(=N/C(=O)OC(C)(C)C)N(Cc2cccc(I)c2)C(=O)OC(C)(C)C)CN(C)C1=O. The molecule has 0 atom stereocenters. The topological polar surface area (TPSA) is 95.0 Å². The van der Waals surface area contributed by atoms with Crippen molar-refractivity contribution in [1.82, 2.24) is 19.6 Å². The summed E-state index contributed by atoms with van der Waals surface area (Å²) in [5.74, 6) is 0.0357. The molecule has 34 heavy (non-hydrogen) atoms. The maximum Gasteiger partial charge on any atom is 0.437 e. The molecule has 0 aliphatic carbocycles. The Morgan fingerprint density at radius 1 is 1.03 bits per heavy atom. The van der Waals surface area contributed by atoms with Gasteiger partial charge in [-0.15, -0.1) is 4.99 Å². The molecule has 0 unspecified atom stereocenters. The van der Waals surface area contributed by atoms with Crippen LogP contribution in [0.4, 0.5) is 14.4 Å². The molecule has 11 heteroatoms. The van der Waals surface area contributed by atoms with E-state index in [0.29, 0.717) is 0 Å². The molecule has 0 bridgehead atoms. The largest absolute Gasteiger partial charge is 0.443 e. The van der Waals surface area contributed by atoms with Crippen LogP contribution in [0.25, 0.3) is 0 Å². The van der Waals surface area contributed by atoms with E-state index in [2.05, 4.69) is 27.6 Å². The van der Waals surface area contributed by atoms with Gasteiger partial charge in [0.15, 0.2) is 0 Å². The van der Waals surface area contributed by atoms with Crippen LogP contribution in [-0.2, 0) is 16.0 Å². The molecule has 10 nitrogen and oxygen atoms in total. The Balaban J connectivity index is 2.56. The third kappa shape index (κ3) is 8.33. The van der Waals surface area contributed by atoms with E-state index in [1.807, 2.05) is 24.3 Å². The molecule has 4 amide bonds. The summed E-state index contributed by atoms with van der Waals surface area (Å²) in [4.78, 5) is 48.5. The van der Waals surface area contributed by atoms with Crippen molar-refractivity contribution in [3.05, 3.63) is 33.4 Å². The van der Waals surface area contributed by atoms with Crippen LogP contribution in [0.1, 0.15) is 47.1 Å². The zero-order valence-electron chi connectivity index (χ0n) is 21.1. The third-order valence-electron chi connectivity index (χ3n) is 4.37. The van der Waals surface area contributed by atoms with Gasteiger partial charge < -0.3 is 24.2 Å². The quantitative estimate of drug-likeness (QED) is 0.287. The van der Waals surface area contributed by atoms with Gasteiger partial charge in [-0.05, 0) is 81.8 Å². The summed E-state index contributed by atoms with van der Waals surface area (Å²) >= 11 is 2.19. The van der Waals surface area contributed by atoms with Gasteiger partial charge in [-0.3, -0.25) is 0 Å². The van der Waals surface area contributed by atoms with E-state index in [4.69, 9.17) is 9.47 Å². The minimum Gasteiger partial charge on any atom is -0.443 e. The fourth-order valence-electron chi connectivity index (χ4n) is 3.12. The number of guanidine groups is 1.